The molecule has 0 radical (unpaired) electrons. The molecule has 33 heavy (non-hydrogen) atoms. The van der Waals surface area contributed by atoms with E-state index in [-0.39, 0.29) is 15.6 Å². The minimum Gasteiger partial charge on any atom is -0.368 e. The molecule has 0 unspecified atom stereocenters. The second-order valence-electron chi connectivity index (χ2n) is 8.31. The first-order valence-electron chi connectivity index (χ1n) is 10.9. The Morgan fingerprint density at radius 1 is 0.818 bits per heavy atom. The molecule has 0 amide bonds. The van der Waals surface area contributed by atoms with E-state index in [9.17, 15) is 12.8 Å². The number of anilines is 2. The highest BCUT2D eigenvalue weighted by Crippen LogP contribution is 2.35. The maximum Gasteiger partial charge on any atom is 0.214 e. The molecule has 1 N–H and O–H groups in total. The highest BCUT2D eigenvalue weighted by atomic mass is 32.2. The van der Waals surface area contributed by atoms with Gasteiger partial charge in [-0.25, -0.2) is 17.8 Å². The highest BCUT2D eigenvalue weighted by Gasteiger charge is 2.31. The fourth-order valence-electron chi connectivity index (χ4n) is 4.38. The molecule has 0 saturated carbocycles. The van der Waals surface area contributed by atoms with E-state index in [0.717, 1.165) is 27.8 Å². The molecule has 7 heteroatoms. The van der Waals surface area contributed by atoms with Crippen LogP contribution in [0.25, 0.3) is 10.9 Å². The average Bonchev–Trinajstić information content (AvgIpc) is 2.84. The predicted molar refractivity (Wildman–Crippen MR) is 128 cm³/mol. The number of para-hydroxylation sites is 1. The van der Waals surface area contributed by atoms with E-state index >= 15 is 0 Å². The van der Waals surface area contributed by atoms with Crippen molar-refractivity contribution in [3.63, 3.8) is 0 Å². The van der Waals surface area contributed by atoms with Gasteiger partial charge in [0.05, 0.1) is 16.0 Å². The normalized spacial score (nSPS) is 14.6. The van der Waals surface area contributed by atoms with Crippen LogP contribution in [0.5, 0.6) is 0 Å². The van der Waals surface area contributed by atoms with Gasteiger partial charge >= 0.3 is 0 Å². The molecule has 0 spiro atoms. The Hall–Kier alpha value is -3.45. The van der Waals surface area contributed by atoms with Gasteiger partial charge < -0.3 is 9.80 Å². The summed E-state index contributed by atoms with van der Waals surface area (Å²) < 4.78 is 40.7. The number of fused-ring (bicyclic) bond motifs is 1. The molecule has 5 rings (SSSR count). The number of hydrogen-bond acceptors (Lipinski definition) is 4. The summed E-state index contributed by atoms with van der Waals surface area (Å²) in [4.78, 5) is 8.08. The molecule has 5 nitrogen and oxygen atoms in total. The molecule has 1 saturated heterocycles. The van der Waals surface area contributed by atoms with Crippen LogP contribution in [0.4, 0.5) is 15.8 Å². The third-order valence-electron chi connectivity index (χ3n) is 6.18. The molecule has 0 bridgehead atoms. The topological polar surface area (TPSA) is 54.8 Å². The second kappa shape index (κ2) is 8.48. The van der Waals surface area contributed by atoms with Crippen molar-refractivity contribution < 1.29 is 17.8 Å². The Morgan fingerprint density at radius 3 is 2.15 bits per heavy atom. The van der Waals surface area contributed by atoms with Gasteiger partial charge in [0, 0.05) is 37.9 Å². The van der Waals surface area contributed by atoms with Crippen LogP contribution >= 0.6 is 0 Å². The number of sulfone groups is 1. The van der Waals surface area contributed by atoms with Crippen LogP contribution in [0.1, 0.15) is 5.56 Å². The number of nitrogens with one attached hydrogen (secondary N) is 1. The lowest BCUT2D eigenvalue weighted by Gasteiger charge is -2.38. The van der Waals surface area contributed by atoms with Gasteiger partial charge in [0.1, 0.15) is 5.82 Å². The Balaban J connectivity index is 1.55. The van der Waals surface area contributed by atoms with E-state index < -0.39 is 9.84 Å². The zero-order chi connectivity index (χ0) is 23.0. The van der Waals surface area contributed by atoms with Crippen LogP contribution < -0.4 is 14.8 Å². The molecule has 1 fully saturated rings. The first kappa shape index (κ1) is 21.4. The van der Waals surface area contributed by atoms with Crippen molar-refractivity contribution in [2.45, 2.75) is 16.7 Å². The minimum absolute atomic E-state index is 0.254. The summed E-state index contributed by atoms with van der Waals surface area (Å²) in [6.45, 7) is 4.67. The summed E-state index contributed by atoms with van der Waals surface area (Å²) in [5.41, 5.74) is 3.59. The second-order valence-corrected chi connectivity index (χ2v) is 10.2. The smallest absolute Gasteiger partial charge is 0.214 e. The summed E-state index contributed by atoms with van der Waals surface area (Å²) in [7, 11) is -3.73. The van der Waals surface area contributed by atoms with Crippen molar-refractivity contribution >= 4 is 32.1 Å². The number of nitrogens with zero attached hydrogens (tertiary/aromatic N) is 2. The number of benzene rings is 3. The maximum atomic E-state index is 13.7. The van der Waals surface area contributed by atoms with Gasteiger partial charge in [-0.1, -0.05) is 29.8 Å². The molecule has 3 aromatic carbocycles. The van der Waals surface area contributed by atoms with E-state index in [1.165, 1.54) is 12.1 Å². The first-order valence-corrected chi connectivity index (χ1v) is 12.4. The Labute approximate surface area is 193 Å². The van der Waals surface area contributed by atoms with Crippen LogP contribution in [-0.4, -0.2) is 34.6 Å². The number of halogens is 1. The van der Waals surface area contributed by atoms with Gasteiger partial charge in [-0.3, -0.25) is 0 Å². The van der Waals surface area contributed by atoms with Crippen LogP contribution in [0.3, 0.4) is 0 Å². The molecule has 0 atom stereocenters. The van der Waals surface area contributed by atoms with Crippen molar-refractivity contribution in [1.82, 2.24) is 0 Å². The monoisotopic (exact) mass is 462 g/mol. The molecule has 4 aromatic rings. The molecule has 1 aliphatic heterocycles. The van der Waals surface area contributed by atoms with Crippen LogP contribution in [0.2, 0.25) is 0 Å². The van der Waals surface area contributed by atoms with Gasteiger partial charge in [0.25, 0.3) is 0 Å². The van der Waals surface area contributed by atoms with E-state index in [4.69, 9.17) is 0 Å². The number of aromatic nitrogens is 1. The molecule has 1 aromatic heterocycles. The van der Waals surface area contributed by atoms with Crippen molar-refractivity contribution in [3.05, 3.63) is 90.4 Å². The van der Waals surface area contributed by atoms with Crippen molar-refractivity contribution in [2.24, 2.45) is 0 Å². The molecule has 1 aliphatic rings. The fraction of sp³-hybridized carbons (Fsp3) is 0.192. The summed E-state index contributed by atoms with van der Waals surface area (Å²) in [5, 5.41) is 0.876. The molecule has 2 heterocycles. The van der Waals surface area contributed by atoms with Crippen LogP contribution in [-0.2, 0) is 9.84 Å². The van der Waals surface area contributed by atoms with E-state index in [1.807, 2.05) is 43.3 Å². The molecular formula is C26H25FN3O2S+. The third-order valence-corrected chi connectivity index (χ3v) is 7.97. The largest absolute Gasteiger partial charge is 0.368 e. The molecule has 0 aliphatic carbocycles. The first-order chi connectivity index (χ1) is 15.9. The van der Waals surface area contributed by atoms with Gasteiger partial charge in [0.2, 0.25) is 15.4 Å². The lowest BCUT2D eigenvalue weighted by Crippen LogP contribution is -2.47. The quantitative estimate of drug-likeness (QED) is 0.455. The van der Waals surface area contributed by atoms with Crippen LogP contribution in [0.15, 0.2) is 88.8 Å². The van der Waals surface area contributed by atoms with Gasteiger partial charge in [-0.15, -0.1) is 0 Å². The molecule has 168 valence electrons. The van der Waals surface area contributed by atoms with Crippen molar-refractivity contribution in [3.8, 4) is 0 Å². The number of aryl methyl sites for hydroxylation is 1. The Morgan fingerprint density at radius 2 is 1.45 bits per heavy atom. The lowest BCUT2D eigenvalue weighted by atomic mass is 10.1. The number of piperazine rings is 1. The van der Waals surface area contributed by atoms with Crippen molar-refractivity contribution in [1.29, 1.82) is 0 Å². The summed E-state index contributed by atoms with van der Waals surface area (Å²) in [5.74, 6) is -0.254. The molecular weight excluding hydrogens is 437 g/mol. The Kier molecular flexibility index (Phi) is 5.50. The minimum atomic E-state index is -3.73. The summed E-state index contributed by atoms with van der Waals surface area (Å²) in [6.07, 6.45) is 1.61. The van der Waals surface area contributed by atoms with Gasteiger partial charge in [-0.2, -0.15) is 0 Å². The van der Waals surface area contributed by atoms with E-state index in [0.29, 0.717) is 26.2 Å². The fourth-order valence-corrected chi connectivity index (χ4v) is 5.83. The number of H-pyrrole nitrogens is 1. The van der Waals surface area contributed by atoms with Gasteiger partial charge in [-0.05, 0) is 49.4 Å². The van der Waals surface area contributed by atoms with E-state index in [2.05, 4.69) is 14.8 Å². The van der Waals surface area contributed by atoms with Gasteiger partial charge in [0.15, 0.2) is 11.1 Å². The number of rotatable bonds is 4. The number of aromatic amines is 1. The summed E-state index contributed by atoms with van der Waals surface area (Å²) >= 11 is 0. The highest BCUT2D eigenvalue weighted by molar-refractivity contribution is 7.91. The maximum absolute atomic E-state index is 13.7. The zero-order valence-electron chi connectivity index (χ0n) is 18.3. The number of pyridine rings is 1. The third kappa shape index (κ3) is 4.04. The van der Waals surface area contributed by atoms with Crippen molar-refractivity contribution in [2.75, 3.05) is 36.0 Å². The average molecular weight is 463 g/mol. The SMILES string of the molecule is Cc1ccc(S(=O)(=O)c2c[nH+]c3ccccc3c2N2CCN(c3ccc(F)cc3)CC2)cc1. The Bertz CT molecular complexity index is 1400. The van der Waals surface area contributed by atoms with Crippen LogP contribution in [0, 0.1) is 12.7 Å². The zero-order valence-corrected chi connectivity index (χ0v) is 19.1. The number of hydrogen-bond donors (Lipinski definition) is 0. The van der Waals surface area contributed by atoms with E-state index in [1.54, 1.807) is 30.5 Å². The standard InChI is InChI=1S/C26H24FN3O2S/c1-19-6-12-22(13-7-19)33(31,32)25-18-28-24-5-3-2-4-23(24)26(25)30-16-14-29(15-17-30)21-10-8-20(27)9-11-21/h2-13,18H,14-17H2,1H3/p+1. The lowest BCUT2D eigenvalue weighted by molar-refractivity contribution is -0.347. The summed E-state index contributed by atoms with van der Waals surface area (Å²) in [6, 6.07) is 21.2. The predicted octanol–water partition coefficient (Wildman–Crippen LogP) is 4.26.